The molecule has 2 aliphatic heterocycles. The smallest absolute Gasteiger partial charge is 0.302 e. The van der Waals surface area contributed by atoms with Crippen molar-refractivity contribution in [3.8, 4) is 46.3 Å². The Labute approximate surface area is 529 Å². The molecule has 9 unspecified atom stereocenters. The number of carbonyl (C=O) groups excluding carboxylic acids is 3. The Morgan fingerprint density at radius 2 is 1.73 bits per heavy atom. The molecule has 2 aromatic heterocycles. The number of methoxy groups -OCH3 is 1. The normalized spacial score (nSPS) is 23.7. The number of aromatic amines is 1. The molecule has 6 aliphatic rings. The minimum atomic E-state index is -0.825. The van der Waals surface area contributed by atoms with Gasteiger partial charge in [-0.3, -0.25) is 14.4 Å². The number of nitrogens with zero attached hydrogens (tertiary/aromatic N) is 2. The number of aliphatic hydroxyl groups is 2. The number of esters is 1. The zero-order valence-corrected chi connectivity index (χ0v) is 51.4. The Hall–Kier alpha value is -9.49. The zero-order valence-electron chi connectivity index (χ0n) is 51.4. The second kappa shape index (κ2) is 25.4. The molecule has 0 saturated heterocycles. The number of carbonyl (C=O) groups is 3. The molecule has 91 heavy (non-hydrogen) atoms. The third-order valence-electron chi connectivity index (χ3n) is 19.7. The van der Waals surface area contributed by atoms with Crippen molar-refractivity contribution >= 4 is 34.0 Å². The minimum absolute atomic E-state index is 0.00673. The third kappa shape index (κ3) is 11.6. The van der Waals surface area contributed by atoms with Crippen LogP contribution in [0.2, 0.25) is 0 Å². The van der Waals surface area contributed by atoms with E-state index in [4.69, 9.17) is 14.2 Å². The van der Waals surface area contributed by atoms with Crippen molar-refractivity contribution in [1.82, 2.24) is 14.9 Å². The van der Waals surface area contributed by atoms with Gasteiger partial charge in [0.2, 0.25) is 5.75 Å². The van der Waals surface area contributed by atoms with Gasteiger partial charge in [0.15, 0.2) is 11.5 Å². The number of aromatic nitrogens is 2. The molecular formula is C76H76N4O11. The van der Waals surface area contributed by atoms with E-state index in [0.29, 0.717) is 61.8 Å². The van der Waals surface area contributed by atoms with Crippen LogP contribution in [0.15, 0.2) is 175 Å². The van der Waals surface area contributed by atoms with Crippen LogP contribution in [-0.2, 0) is 25.5 Å². The predicted molar refractivity (Wildman–Crippen MR) is 348 cm³/mol. The summed E-state index contributed by atoms with van der Waals surface area (Å²) in [6, 6.07) is 28.4. The van der Waals surface area contributed by atoms with Gasteiger partial charge < -0.3 is 59.5 Å². The first-order valence-electron chi connectivity index (χ1n) is 31.7. The van der Waals surface area contributed by atoms with E-state index in [0.717, 1.165) is 62.2 Å². The van der Waals surface area contributed by atoms with Crippen LogP contribution in [0.3, 0.4) is 0 Å². The number of nitrogens with one attached hydrogen (secondary N) is 2. The number of fused-ring (bicyclic) bond motifs is 3. The van der Waals surface area contributed by atoms with Crippen LogP contribution in [0.1, 0.15) is 152 Å². The number of hydrogen-bond donors (Lipinski definition) is 7. The lowest BCUT2D eigenvalue weighted by Gasteiger charge is -2.50. The number of Topliss-reactive ketones (excluding diaryl/α,β-unsaturated/α-hetero) is 2. The van der Waals surface area contributed by atoms with Gasteiger partial charge in [0, 0.05) is 117 Å². The number of benzene rings is 5. The molecule has 15 heteroatoms. The van der Waals surface area contributed by atoms with Gasteiger partial charge in [-0.1, -0.05) is 102 Å². The number of aromatic hydroxyl groups is 3. The maximum absolute atomic E-state index is 15.6. The number of aryl methyl sites for hydroxylation is 1. The summed E-state index contributed by atoms with van der Waals surface area (Å²) in [7, 11) is 1.46. The molecule has 15 nitrogen and oxygen atoms in total. The Morgan fingerprint density at radius 1 is 0.879 bits per heavy atom. The highest BCUT2D eigenvalue weighted by atomic mass is 16.5. The molecule has 0 saturated carbocycles. The van der Waals surface area contributed by atoms with Crippen molar-refractivity contribution in [2.75, 3.05) is 31.7 Å². The molecule has 0 radical (unpaired) electrons. The van der Waals surface area contributed by atoms with Crippen molar-refractivity contribution in [3.05, 3.63) is 220 Å². The second-order valence-corrected chi connectivity index (χ2v) is 25.1. The van der Waals surface area contributed by atoms with E-state index in [1.54, 1.807) is 37.3 Å². The van der Waals surface area contributed by atoms with Gasteiger partial charge >= 0.3 is 5.97 Å². The van der Waals surface area contributed by atoms with Crippen molar-refractivity contribution in [3.63, 3.8) is 0 Å². The van der Waals surface area contributed by atoms with E-state index in [1.807, 2.05) is 66.9 Å². The van der Waals surface area contributed by atoms with Crippen LogP contribution >= 0.6 is 0 Å². The van der Waals surface area contributed by atoms with Crippen LogP contribution in [-0.4, -0.2) is 85.5 Å². The maximum atomic E-state index is 15.6. The van der Waals surface area contributed by atoms with E-state index in [9.17, 15) is 35.1 Å². The SMILES string of the molecule is COc1cc(C2CC(=O)CC(OC(C)=O)CCC34C5=CC=CC3CC=CC4c3c[nH]cc3C(C#CC5)C(c3cccc(O)c3)C3=CCNC(=C3)N(CCC(C)=O)c3ccc4c5c(n2cc35)CCC4O)cc(O)c1Oc1cc(O)cc(C(CCO)c2ccccc2)c1. The number of ketones is 2. The first-order chi connectivity index (χ1) is 44.2. The molecular weight excluding hydrogens is 1140 g/mol. The molecule has 5 aromatic carbocycles. The molecule has 7 N–H and O–H groups in total. The van der Waals surface area contributed by atoms with Gasteiger partial charge in [0.05, 0.1) is 30.9 Å². The van der Waals surface area contributed by atoms with Crippen LogP contribution in [0.25, 0.3) is 10.8 Å². The number of rotatable bonds is 13. The van der Waals surface area contributed by atoms with Crippen LogP contribution in [0.5, 0.6) is 34.5 Å². The molecule has 466 valence electrons. The number of allylic oxidation sites excluding steroid dienone is 8. The number of aliphatic hydroxyl groups excluding tert-OH is 2. The number of H-pyrrole nitrogens is 1. The van der Waals surface area contributed by atoms with Crippen molar-refractivity contribution in [2.24, 2.45) is 11.3 Å². The van der Waals surface area contributed by atoms with Gasteiger partial charge in [-0.15, -0.1) is 0 Å². The summed E-state index contributed by atoms with van der Waals surface area (Å²) in [5.74, 6) is 6.42. The number of phenols is 3. The first-order valence-corrected chi connectivity index (χ1v) is 31.7. The van der Waals surface area contributed by atoms with Gasteiger partial charge in [-0.05, 0) is 144 Å². The molecule has 0 amide bonds. The first kappa shape index (κ1) is 60.4. The summed E-state index contributed by atoms with van der Waals surface area (Å²) in [6.45, 7) is 3.57. The lowest BCUT2D eigenvalue weighted by atomic mass is 9.53. The summed E-state index contributed by atoms with van der Waals surface area (Å²) in [5.41, 5.74) is 9.03. The quantitative estimate of drug-likeness (QED) is 0.0325. The Kier molecular flexibility index (Phi) is 16.9. The zero-order chi connectivity index (χ0) is 63.1. The fourth-order valence-corrected chi connectivity index (χ4v) is 15.7. The summed E-state index contributed by atoms with van der Waals surface area (Å²) >= 11 is 0. The second-order valence-electron chi connectivity index (χ2n) is 25.1. The van der Waals surface area contributed by atoms with Crippen molar-refractivity contribution in [1.29, 1.82) is 0 Å². The Morgan fingerprint density at radius 3 is 2.53 bits per heavy atom. The largest absolute Gasteiger partial charge is 0.508 e. The summed E-state index contributed by atoms with van der Waals surface area (Å²) < 4.78 is 20.9. The van der Waals surface area contributed by atoms with E-state index in [-0.39, 0.29) is 96.2 Å². The minimum Gasteiger partial charge on any atom is -0.508 e. The predicted octanol–water partition coefficient (Wildman–Crippen LogP) is 13.3. The topological polar surface area (TPSA) is 216 Å². The molecule has 0 fully saturated rings. The third-order valence-corrected chi connectivity index (χ3v) is 19.7. The van der Waals surface area contributed by atoms with E-state index in [1.165, 1.54) is 25.7 Å². The molecule has 7 aromatic rings. The highest BCUT2D eigenvalue weighted by molar-refractivity contribution is 6.00. The molecule has 4 aliphatic carbocycles. The number of ether oxygens (including phenoxy) is 3. The highest BCUT2D eigenvalue weighted by Gasteiger charge is 2.51. The number of phenolic OH excluding ortho intramolecular Hbond substituents is 3. The summed E-state index contributed by atoms with van der Waals surface area (Å²) in [6.07, 6.45) is 23.5. The lowest BCUT2D eigenvalue weighted by Crippen LogP contribution is -2.41. The lowest BCUT2D eigenvalue weighted by molar-refractivity contribution is -0.148. The van der Waals surface area contributed by atoms with Gasteiger partial charge in [-0.25, -0.2) is 0 Å². The van der Waals surface area contributed by atoms with Gasteiger partial charge in [-0.2, -0.15) is 0 Å². The monoisotopic (exact) mass is 1220 g/mol. The summed E-state index contributed by atoms with van der Waals surface area (Å²) in [5, 5.41) is 62.2. The average Bonchev–Trinajstić information content (AvgIpc) is 1.67. The van der Waals surface area contributed by atoms with E-state index < -0.39 is 41.5 Å². The van der Waals surface area contributed by atoms with Crippen molar-refractivity contribution in [2.45, 2.75) is 120 Å². The van der Waals surface area contributed by atoms with Gasteiger partial charge in [0.1, 0.15) is 40.7 Å². The Bertz CT molecular complexity index is 4210. The maximum Gasteiger partial charge on any atom is 0.302 e. The Balaban J connectivity index is 1.00. The van der Waals surface area contributed by atoms with Crippen molar-refractivity contribution < 1.29 is 54.1 Å². The number of anilines is 1. The van der Waals surface area contributed by atoms with Crippen LogP contribution in [0.4, 0.5) is 5.69 Å². The fourth-order valence-electron chi connectivity index (χ4n) is 15.7. The fraction of sp³-hybridized carbons (Fsp3) is 0.329. The highest BCUT2D eigenvalue weighted by Crippen LogP contribution is 2.60. The molecule has 9 atom stereocenters. The molecule has 13 rings (SSSR count). The molecule has 6 bridgehead atoms. The van der Waals surface area contributed by atoms with E-state index in [2.05, 4.69) is 86.5 Å². The molecule has 1 spiro atoms. The summed E-state index contributed by atoms with van der Waals surface area (Å²) in [4.78, 5) is 47.8. The number of hydrogen-bond acceptors (Lipinski definition) is 13. The van der Waals surface area contributed by atoms with Gasteiger partial charge in [0.25, 0.3) is 0 Å². The standard InChI is InChI=1S/C76H76N4O11/c1-45(82)27-31-79-66-22-21-61-69(87)24-23-67-74(61)64(66)44-80(67)68(51-36-70(88)75(71(37-51)89-3)91-58-35-50(34-55(85)40-58)59(28-32-81)47-11-5-4-6-12-47)41-56(86)39-57(90-46(2)83)25-29-76-52-14-8-15-53(76)17-10-20-65(76)63-43-77-42-62(63)60(19-9-16-52)73(48-13-7-18-54(84)33-48)49-26-30-78-72(79)38-49/h4-8,10-15,18,20-22,26,33-38,40,42-44,53,57,59-60,65,68-69,73,77-78,81,84-85,87-88H,16-17,23-25,27-32,39,41H2,1-3H3. The molecule has 4 heterocycles. The van der Waals surface area contributed by atoms with E-state index >= 15 is 4.79 Å². The van der Waals surface area contributed by atoms with Crippen LogP contribution in [0, 0.1) is 23.2 Å². The van der Waals surface area contributed by atoms with Crippen LogP contribution < -0.4 is 19.7 Å². The average molecular weight is 1220 g/mol. The number of dihydropyridines is 1.